The van der Waals surface area contributed by atoms with E-state index in [1.807, 2.05) is 0 Å². The van der Waals surface area contributed by atoms with E-state index in [9.17, 15) is 26.4 Å². The van der Waals surface area contributed by atoms with Crippen LogP contribution in [-0.2, 0) is 26.0 Å². The number of hydrogen-bond donors (Lipinski definition) is 1. The number of rotatable bonds is 9. The lowest BCUT2D eigenvalue weighted by Crippen LogP contribution is -2.39. The molecule has 2 aromatic carbocycles. The molecule has 0 amide bonds. The fourth-order valence-corrected chi connectivity index (χ4v) is 7.59. The van der Waals surface area contributed by atoms with E-state index in [-0.39, 0.29) is 35.0 Å². The van der Waals surface area contributed by atoms with Crippen molar-refractivity contribution in [2.24, 2.45) is 4.99 Å². The second-order valence-corrected chi connectivity index (χ2v) is 13.2. The summed E-state index contributed by atoms with van der Waals surface area (Å²) in [6.45, 7) is -2.76. The van der Waals surface area contributed by atoms with Crippen LogP contribution in [0.5, 0.6) is 0 Å². The lowest BCUT2D eigenvalue weighted by Gasteiger charge is -2.32. The molecule has 16 heteroatoms. The molecule has 0 spiro atoms. The largest absolute Gasteiger partial charge is 0.469 e. The van der Waals surface area contributed by atoms with Gasteiger partial charge >= 0.3 is 12.5 Å². The Morgan fingerprint density at radius 1 is 1.22 bits per heavy atom. The molecule has 0 saturated carbocycles. The van der Waals surface area contributed by atoms with E-state index in [4.69, 9.17) is 21.3 Å². The highest BCUT2D eigenvalue weighted by molar-refractivity contribution is 7.89. The molecule has 1 N–H and O–H groups in total. The lowest BCUT2D eigenvalue weighted by atomic mass is 9.92. The van der Waals surface area contributed by atoms with Gasteiger partial charge in [-0.25, -0.2) is 27.2 Å². The van der Waals surface area contributed by atoms with Crippen molar-refractivity contribution in [1.29, 1.82) is 0 Å². The molecule has 0 bridgehead atoms. The van der Waals surface area contributed by atoms with E-state index in [1.165, 1.54) is 54.8 Å². The Balaban J connectivity index is 1.43. The zero-order valence-electron chi connectivity index (χ0n) is 23.4. The normalized spacial score (nSPS) is 18.4. The van der Waals surface area contributed by atoms with Crippen molar-refractivity contribution < 1.29 is 31.1 Å². The molecule has 6 rings (SSSR count). The summed E-state index contributed by atoms with van der Waals surface area (Å²) < 4.78 is 76.3. The quantitative estimate of drug-likeness (QED) is 0.242. The highest BCUT2D eigenvalue weighted by Gasteiger charge is 2.42. The number of methoxy groups -OCH3 is 1. The fraction of sp³-hybridized carbons (Fsp3) is 0.241. The average molecular weight is 677 g/mol. The van der Waals surface area contributed by atoms with Crippen LogP contribution in [0.4, 0.5) is 13.2 Å². The second-order valence-electron chi connectivity index (χ2n) is 10.2. The van der Waals surface area contributed by atoms with Gasteiger partial charge in [-0.05, 0) is 35.9 Å². The third-order valence-electron chi connectivity index (χ3n) is 7.33. The SMILES string of the molecule is COC(=O)Cc1cccc(S(=O)(=O)N[C@H]2CC3=C(c4ccn(C(F)F)n4)[C@H](c4ccc(F)cc4Cl)N=C(c4nccs4)N3C2)c1. The molecule has 4 heterocycles. The third-order valence-corrected chi connectivity index (χ3v) is 9.95. The van der Waals surface area contributed by atoms with Gasteiger partial charge in [0, 0.05) is 58.6 Å². The highest BCUT2D eigenvalue weighted by atomic mass is 35.5. The monoisotopic (exact) mass is 676 g/mol. The molecule has 1 saturated heterocycles. The van der Waals surface area contributed by atoms with Crippen LogP contribution in [0.25, 0.3) is 5.57 Å². The van der Waals surface area contributed by atoms with E-state index in [2.05, 4.69) is 14.8 Å². The van der Waals surface area contributed by atoms with Gasteiger partial charge in [-0.2, -0.15) is 13.9 Å². The zero-order chi connectivity index (χ0) is 31.9. The Labute approximate surface area is 264 Å². The predicted octanol–water partition coefficient (Wildman–Crippen LogP) is 5.21. The number of esters is 1. The average Bonchev–Trinajstić information content (AvgIpc) is 3.78. The van der Waals surface area contributed by atoms with E-state index < -0.39 is 40.4 Å². The minimum Gasteiger partial charge on any atom is -0.469 e. The molecular formula is C29H24ClF3N6O4S2. The number of fused-ring (bicyclic) bond motifs is 1. The number of hydrogen-bond acceptors (Lipinski definition) is 9. The summed E-state index contributed by atoms with van der Waals surface area (Å²) in [5.41, 5.74) is 2.05. The van der Waals surface area contributed by atoms with Gasteiger partial charge in [-0.15, -0.1) is 11.3 Å². The van der Waals surface area contributed by atoms with E-state index >= 15 is 0 Å². The van der Waals surface area contributed by atoms with Crippen molar-refractivity contribution in [2.45, 2.75) is 36.4 Å². The van der Waals surface area contributed by atoms with Crippen LogP contribution >= 0.6 is 22.9 Å². The Kier molecular flexibility index (Phi) is 8.52. The van der Waals surface area contributed by atoms with Crippen LogP contribution < -0.4 is 4.72 Å². The number of amidine groups is 1. The lowest BCUT2D eigenvalue weighted by molar-refractivity contribution is -0.139. The highest BCUT2D eigenvalue weighted by Crippen LogP contribution is 2.46. The summed E-state index contributed by atoms with van der Waals surface area (Å²) in [4.78, 5) is 22.9. The first-order valence-electron chi connectivity index (χ1n) is 13.5. The third kappa shape index (κ3) is 6.25. The maximum atomic E-state index is 14.1. The molecule has 0 radical (unpaired) electrons. The van der Waals surface area contributed by atoms with Crippen LogP contribution in [-0.4, -0.2) is 59.6 Å². The van der Waals surface area contributed by atoms with Gasteiger partial charge in [0.1, 0.15) is 11.9 Å². The first kappa shape index (κ1) is 31.0. The maximum Gasteiger partial charge on any atom is 0.333 e. The summed E-state index contributed by atoms with van der Waals surface area (Å²) in [6.07, 6.45) is 2.78. The maximum absolute atomic E-state index is 14.1. The molecule has 10 nitrogen and oxygen atoms in total. The number of thiazole rings is 1. The van der Waals surface area contributed by atoms with Gasteiger partial charge in [-0.3, -0.25) is 9.79 Å². The molecule has 4 aromatic rings. The van der Waals surface area contributed by atoms with Crippen molar-refractivity contribution in [2.75, 3.05) is 13.7 Å². The van der Waals surface area contributed by atoms with Gasteiger partial charge in [0.25, 0.3) is 0 Å². The summed E-state index contributed by atoms with van der Waals surface area (Å²) in [7, 11) is -2.83. The topological polar surface area (TPSA) is 119 Å². The van der Waals surface area contributed by atoms with Crippen LogP contribution in [0.2, 0.25) is 5.02 Å². The number of carbonyl (C=O) groups is 1. The van der Waals surface area contributed by atoms with Gasteiger partial charge < -0.3 is 9.64 Å². The molecule has 2 aliphatic rings. The van der Waals surface area contributed by atoms with Crippen LogP contribution in [0.15, 0.2) is 81.9 Å². The molecule has 234 valence electrons. The summed E-state index contributed by atoms with van der Waals surface area (Å²) in [6, 6.07) is 9.67. The Morgan fingerprint density at radius 2 is 2.04 bits per heavy atom. The number of sulfonamides is 1. The number of nitrogens with one attached hydrogen (secondary N) is 1. The van der Waals surface area contributed by atoms with E-state index in [0.29, 0.717) is 37.9 Å². The number of aliphatic imine (C=N–C) groups is 1. The van der Waals surface area contributed by atoms with Crippen LogP contribution in [0.1, 0.15) is 40.8 Å². The molecule has 2 atom stereocenters. The van der Waals surface area contributed by atoms with Gasteiger partial charge in [0.2, 0.25) is 10.0 Å². The van der Waals surface area contributed by atoms with Crippen molar-refractivity contribution in [3.05, 3.63) is 105 Å². The van der Waals surface area contributed by atoms with Crippen LogP contribution in [0.3, 0.4) is 0 Å². The Bertz CT molecular complexity index is 1930. The van der Waals surface area contributed by atoms with E-state index in [0.717, 1.165) is 12.3 Å². The number of alkyl halides is 2. The van der Waals surface area contributed by atoms with Crippen molar-refractivity contribution >= 4 is 50.3 Å². The minimum absolute atomic E-state index is 0.0385. The molecule has 1 fully saturated rings. The number of aromatic nitrogens is 3. The number of ether oxygens (including phenoxy) is 1. The van der Waals surface area contributed by atoms with Gasteiger partial charge in [0.15, 0.2) is 10.8 Å². The van der Waals surface area contributed by atoms with Gasteiger partial charge in [-0.1, -0.05) is 29.8 Å². The van der Waals surface area contributed by atoms with Crippen molar-refractivity contribution in [3.8, 4) is 0 Å². The van der Waals surface area contributed by atoms with Gasteiger partial charge in [0.05, 0.1) is 24.1 Å². The minimum atomic E-state index is -4.08. The number of nitrogens with zero attached hydrogens (tertiary/aromatic N) is 5. The van der Waals surface area contributed by atoms with Crippen molar-refractivity contribution in [1.82, 2.24) is 24.4 Å². The van der Waals surface area contributed by atoms with E-state index in [1.54, 1.807) is 22.5 Å². The first-order valence-corrected chi connectivity index (χ1v) is 16.2. The Hall–Kier alpha value is -4.05. The fourth-order valence-electron chi connectivity index (χ4n) is 5.38. The molecule has 0 unspecified atom stereocenters. The van der Waals surface area contributed by atoms with Crippen LogP contribution in [0, 0.1) is 5.82 Å². The standard InChI is InChI=1S/C29H24ClF3N6O4S2/c1-43-24(40)12-16-3-2-4-19(11-16)45(41,42)37-18-14-23-25(22-7-9-39(36-22)29(32)33)26(20-6-5-17(31)13-21(20)30)35-27(38(23)15-18)28-34-8-10-44-28/h2-11,13,18,26,29,37H,12,14-15H2,1H3/t18-,26-/m0/s1. The summed E-state index contributed by atoms with van der Waals surface area (Å²) >= 11 is 7.81. The molecule has 45 heavy (non-hydrogen) atoms. The zero-order valence-corrected chi connectivity index (χ0v) is 25.8. The smallest absolute Gasteiger partial charge is 0.333 e. The Morgan fingerprint density at radius 3 is 2.73 bits per heavy atom. The number of halogens is 4. The molecule has 2 aliphatic heterocycles. The summed E-state index contributed by atoms with van der Waals surface area (Å²) in [5, 5.41) is 6.47. The molecule has 0 aliphatic carbocycles. The summed E-state index contributed by atoms with van der Waals surface area (Å²) in [5.74, 6) is -0.652. The number of benzene rings is 2. The number of carbonyl (C=O) groups excluding carboxylic acids is 1. The second kappa shape index (κ2) is 12.4. The first-order chi connectivity index (χ1) is 21.5. The van der Waals surface area contributed by atoms with Crippen molar-refractivity contribution in [3.63, 3.8) is 0 Å². The predicted molar refractivity (Wildman–Crippen MR) is 161 cm³/mol. The molecule has 2 aromatic heterocycles. The molecular weight excluding hydrogens is 653 g/mol.